The van der Waals surface area contributed by atoms with Gasteiger partial charge in [0, 0.05) is 18.5 Å². The molecule has 1 heterocycles. The highest BCUT2D eigenvalue weighted by atomic mass is 16.1. The van der Waals surface area contributed by atoms with Crippen molar-refractivity contribution < 1.29 is 4.79 Å². The van der Waals surface area contributed by atoms with E-state index >= 15 is 0 Å². The zero-order valence-electron chi connectivity index (χ0n) is 10.3. The van der Waals surface area contributed by atoms with Gasteiger partial charge in [0.2, 0.25) is 0 Å². The van der Waals surface area contributed by atoms with Crippen LogP contribution in [0, 0.1) is 0 Å². The van der Waals surface area contributed by atoms with E-state index in [2.05, 4.69) is 24.1 Å². The summed E-state index contributed by atoms with van der Waals surface area (Å²) in [5.41, 5.74) is 0. The third-order valence-corrected chi connectivity index (χ3v) is 3.29. The largest absolute Gasteiger partial charge is 0.317 e. The number of hydrogen-bond acceptors (Lipinski definition) is 3. The Kier molecular flexibility index (Phi) is 5.26. The Hall–Kier alpha value is -0.410. The standard InChI is InChI=1S/C12H24N2O/c1-4-14(10(2)9-11(3)15)12-5-7-13-8-6-12/h10,12-13H,4-9H2,1-3H3. The van der Waals surface area contributed by atoms with Crippen LogP contribution in [0.15, 0.2) is 0 Å². The molecular formula is C12H24N2O. The molecule has 88 valence electrons. The lowest BCUT2D eigenvalue weighted by molar-refractivity contribution is -0.118. The predicted octanol–water partition coefficient (Wildman–Crippen LogP) is 1.43. The molecular weight excluding hydrogens is 188 g/mol. The highest BCUT2D eigenvalue weighted by molar-refractivity contribution is 5.76. The molecule has 0 aromatic rings. The lowest BCUT2D eigenvalue weighted by Gasteiger charge is -2.37. The predicted molar refractivity (Wildman–Crippen MR) is 63.0 cm³/mol. The lowest BCUT2D eigenvalue weighted by atomic mass is 10.0. The molecule has 1 unspecified atom stereocenters. The maximum Gasteiger partial charge on any atom is 0.131 e. The van der Waals surface area contributed by atoms with Gasteiger partial charge in [-0.25, -0.2) is 0 Å². The van der Waals surface area contributed by atoms with Crippen molar-refractivity contribution in [2.75, 3.05) is 19.6 Å². The summed E-state index contributed by atoms with van der Waals surface area (Å²) in [6, 6.07) is 1.07. The summed E-state index contributed by atoms with van der Waals surface area (Å²) in [5, 5.41) is 3.38. The number of nitrogens with zero attached hydrogens (tertiary/aromatic N) is 1. The van der Waals surface area contributed by atoms with Crippen LogP contribution in [0.25, 0.3) is 0 Å². The molecule has 0 amide bonds. The fourth-order valence-corrected chi connectivity index (χ4v) is 2.60. The number of piperidine rings is 1. The van der Waals surface area contributed by atoms with Crippen LogP contribution in [0.3, 0.4) is 0 Å². The van der Waals surface area contributed by atoms with E-state index in [1.807, 2.05) is 0 Å². The van der Waals surface area contributed by atoms with Crippen LogP contribution in [0.5, 0.6) is 0 Å². The van der Waals surface area contributed by atoms with Crippen LogP contribution in [0.4, 0.5) is 0 Å². The Morgan fingerprint density at radius 3 is 2.53 bits per heavy atom. The van der Waals surface area contributed by atoms with Gasteiger partial charge >= 0.3 is 0 Å². The summed E-state index contributed by atoms with van der Waals surface area (Å²) in [7, 11) is 0. The van der Waals surface area contributed by atoms with E-state index in [9.17, 15) is 4.79 Å². The first kappa shape index (κ1) is 12.7. The summed E-state index contributed by atoms with van der Waals surface area (Å²) < 4.78 is 0. The number of hydrogen-bond donors (Lipinski definition) is 1. The first-order valence-electron chi connectivity index (χ1n) is 6.11. The zero-order chi connectivity index (χ0) is 11.3. The van der Waals surface area contributed by atoms with Crippen molar-refractivity contribution >= 4 is 5.78 Å². The Balaban J connectivity index is 2.48. The van der Waals surface area contributed by atoms with Crippen LogP contribution in [-0.2, 0) is 4.79 Å². The van der Waals surface area contributed by atoms with E-state index in [1.165, 1.54) is 12.8 Å². The Labute approximate surface area is 93.2 Å². The second kappa shape index (κ2) is 6.23. The van der Waals surface area contributed by atoms with Crippen LogP contribution >= 0.6 is 0 Å². The molecule has 1 N–H and O–H groups in total. The van der Waals surface area contributed by atoms with Gasteiger partial charge in [0.05, 0.1) is 0 Å². The van der Waals surface area contributed by atoms with E-state index < -0.39 is 0 Å². The van der Waals surface area contributed by atoms with Crippen molar-refractivity contribution in [3.8, 4) is 0 Å². The number of carbonyl (C=O) groups excluding carboxylic acids is 1. The minimum Gasteiger partial charge on any atom is -0.317 e. The third-order valence-electron chi connectivity index (χ3n) is 3.29. The minimum atomic E-state index is 0.301. The molecule has 1 aliphatic rings. The van der Waals surface area contributed by atoms with E-state index in [1.54, 1.807) is 6.92 Å². The molecule has 1 aliphatic heterocycles. The Morgan fingerprint density at radius 2 is 2.07 bits per heavy atom. The third kappa shape index (κ3) is 3.92. The van der Waals surface area contributed by atoms with Crippen LogP contribution in [-0.4, -0.2) is 42.4 Å². The number of carbonyl (C=O) groups is 1. The molecule has 3 heteroatoms. The highest BCUT2D eigenvalue weighted by Gasteiger charge is 2.24. The lowest BCUT2D eigenvalue weighted by Crippen LogP contribution is -2.47. The molecule has 0 aliphatic carbocycles. The van der Waals surface area contributed by atoms with Crippen molar-refractivity contribution in [3.63, 3.8) is 0 Å². The maximum atomic E-state index is 11.1. The first-order valence-corrected chi connectivity index (χ1v) is 6.11. The smallest absolute Gasteiger partial charge is 0.131 e. The number of ketones is 1. The van der Waals surface area contributed by atoms with Crippen LogP contribution in [0.2, 0.25) is 0 Å². The topological polar surface area (TPSA) is 32.3 Å². The summed E-state index contributed by atoms with van der Waals surface area (Å²) in [6.07, 6.45) is 3.13. The molecule has 0 radical (unpaired) electrons. The average molecular weight is 212 g/mol. The SMILES string of the molecule is CCN(C(C)CC(C)=O)C1CCNCC1. The van der Waals surface area contributed by atoms with E-state index in [0.29, 0.717) is 24.3 Å². The Bertz CT molecular complexity index is 200. The summed E-state index contributed by atoms with van der Waals surface area (Å²) in [5.74, 6) is 0.301. The first-order chi connectivity index (χ1) is 7.15. The summed E-state index contributed by atoms with van der Waals surface area (Å²) >= 11 is 0. The second-order valence-corrected chi connectivity index (χ2v) is 4.57. The summed E-state index contributed by atoms with van der Waals surface area (Å²) in [6.45, 7) is 9.35. The molecule has 0 aromatic carbocycles. The van der Waals surface area contributed by atoms with Gasteiger partial charge < -0.3 is 5.32 Å². The van der Waals surface area contributed by atoms with Gasteiger partial charge in [-0.15, -0.1) is 0 Å². The molecule has 1 atom stereocenters. The molecule has 1 saturated heterocycles. The fourth-order valence-electron chi connectivity index (χ4n) is 2.60. The van der Waals surface area contributed by atoms with Gasteiger partial charge in [-0.3, -0.25) is 9.69 Å². The van der Waals surface area contributed by atoms with Gasteiger partial charge in [0.25, 0.3) is 0 Å². The van der Waals surface area contributed by atoms with Crippen molar-refractivity contribution in [2.24, 2.45) is 0 Å². The van der Waals surface area contributed by atoms with E-state index in [4.69, 9.17) is 0 Å². The number of nitrogens with one attached hydrogen (secondary N) is 1. The quantitative estimate of drug-likeness (QED) is 0.748. The van der Waals surface area contributed by atoms with Gasteiger partial charge in [-0.05, 0) is 46.3 Å². The molecule has 3 nitrogen and oxygen atoms in total. The molecule has 0 spiro atoms. The van der Waals surface area contributed by atoms with Gasteiger partial charge in [-0.2, -0.15) is 0 Å². The van der Waals surface area contributed by atoms with Crippen LogP contribution in [0.1, 0.15) is 40.0 Å². The molecule has 15 heavy (non-hydrogen) atoms. The molecule has 0 aromatic heterocycles. The zero-order valence-corrected chi connectivity index (χ0v) is 10.3. The minimum absolute atomic E-state index is 0.301. The second-order valence-electron chi connectivity index (χ2n) is 4.57. The van der Waals surface area contributed by atoms with Crippen molar-refractivity contribution in [1.29, 1.82) is 0 Å². The summed E-state index contributed by atoms with van der Waals surface area (Å²) in [4.78, 5) is 13.6. The molecule has 0 saturated carbocycles. The van der Waals surface area contributed by atoms with Crippen molar-refractivity contribution in [2.45, 2.75) is 52.1 Å². The van der Waals surface area contributed by atoms with Crippen molar-refractivity contribution in [3.05, 3.63) is 0 Å². The van der Waals surface area contributed by atoms with Crippen LogP contribution < -0.4 is 5.32 Å². The van der Waals surface area contributed by atoms with Gasteiger partial charge in [0.1, 0.15) is 5.78 Å². The normalized spacial score (nSPS) is 20.5. The van der Waals surface area contributed by atoms with E-state index in [-0.39, 0.29) is 0 Å². The fraction of sp³-hybridized carbons (Fsp3) is 0.917. The molecule has 1 fully saturated rings. The van der Waals surface area contributed by atoms with Crippen molar-refractivity contribution in [1.82, 2.24) is 10.2 Å². The van der Waals surface area contributed by atoms with Gasteiger partial charge in [0.15, 0.2) is 0 Å². The molecule has 1 rings (SSSR count). The highest BCUT2D eigenvalue weighted by Crippen LogP contribution is 2.16. The maximum absolute atomic E-state index is 11.1. The number of Topliss-reactive ketones (excluding diaryl/α,β-unsaturated/α-hetero) is 1. The molecule has 0 bridgehead atoms. The van der Waals surface area contributed by atoms with E-state index in [0.717, 1.165) is 19.6 Å². The Morgan fingerprint density at radius 1 is 1.47 bits per heavy atom. The number of rotatable bonds is 5. The monoisotopic (exact) mass is 212 g/mol. The van der Waals surface area contributed by atoms with Gasteiger partial charge in [-0.1, -0.05) is 6.92 Å². The average Bonchev–Trinajstić information content (AvgIpc) is 2.19.